The van der Waals surface area contributed by atoms with Crippen molar-refractivity contribution in [2.45, 2.75) is 6.42 Å². The maximum Gasteiger partial charge on any atom is 0.257 e. The largest absolute Gasteiger partial charge is 0.493 e. The van der Waals surface area contributed by atoms with Crippen LogP contribution in [0.1, 0.15) is 11.1 Å². The summed E-state index contributed by atoms with van der Waals surface area (Å²) in [6.07, 6.45) is 0.687. The van der Waals surface area contributed by atoms with E-state index in [1.165, 1.54) is 7.11 Å². The van der Waals surface area contributed by atoms with Gasteiger partial charge in [-0.05, 0) is 36.2 Å². The van der Waals surface area contributed by atoms with Gasteiger partial charge in [0.25, 0.3) is 5.91 Å². The van der Waals surface area contributed by atoms with Crippen molar-refractivity contribution in [1.29, 1.82) is 5.26 Å². The highest BCUT2D eigenvalue weighted by Gasteiger charge is 2.08. The number of amides is 1. The lowest BCUT2D eigenvalue weighted by Crippen LogP contribution is -2.30. The van der Waals surface area contributed by atoms with Crippen LogP contribution in [0.25, 0.3) is 0 Å². The minimum Gasteiger partial charge on any atom is -0.493 e. The number of benzene rings is 2. The number of carbonyl (C=O) groups is 1. The van der Waals surface area contributed by atoms with Crippen molar-refractivity contribution < 1.29 is 14.3 Å². The van der Waals surface area contributed by atoms with Gasteiger partial charge in [0, 0.05) is 17.6 Å². The molecule has 0 saturated carbocycles. The lowest BCUT2D eigenvalue weighted by molar-refractivity contribution is -0.123. The van der Waals surface area contributed by atoms with Crippen molar-refractivity contribution in [2.24, 2.45) is 0 Å². The Bertz CT molecular complexity index is 756. The molecule has 5 nitrogen and oxygen atoms in total. The predicted octanol–water partition coefficient (Wildman–Crippen LogP) is 2.96. The monoisotopic (exact) mass is 344 g/mol. The van der Waals surface area contributed by atoms with Crippen molar-refractivity contribution in [3.63, 3.8) is 0 Å². The number of nitriles is 1. The molecule has 2 rings (SSSR count). The first-order valence-corrected chi connectivity index (χ1v) is 7.72. The molecule has 6 heteroatoms. The lowest BCUT2D eigenvalue weighted by Gasteiger charge is -2.11. The Balaban J connectivity index is 1.80. The Morgan fingerprint density at radius 3 is 2.79 bits per heavy atom. The molecule has 0 saturated heterocycles. The average Bonchev–Trinajstić information content (AvgIpc) is 2.60. The van der Waals surface area contributed by atoms with E-state index in [2.05, 4.69) is 5.32 Å². The van der Waals surface area contributed by atoms with Gasteiger partial charge in [0.05, 0.1) is 18.7 Å². The zero-order valence-electron chi connectivity index (χ0n) is 13.2. The van der Waals surface area contributed by atoms with E-state index in [1.807, 2.05) is 30.3 Å². The van der Waals surface area contributed by atoms with E-state index in [0.29, 0.717) is 35.1 Å². The number of nitrogens with zero attached hydrogens (tertiary/aromatic N) is 1. The van der Waals surface area contributed by atoms with E-state index in [4.69, 9.17) is 26.3 Å². The number of hydrogen-bond acceptors (Lipinski definition) is 4. The van der Waals surface area contributed by atoms with Crippen molar-refractivity contribution in [2.75, 3.05) is 20.3 Å². The van der Waals surface area contributed by atoms with Gasteiger partial charge < -0.3 is 14.8 Å². The third-order valence-corrected chi connectivity index (χ3v) is 3.51. The summed E-state index contributed by atoms with van der Waals surface area (Å²) in [6.45, 7) is 0.366. The van der Waals surface area contributed by atoms with Crippen LogP contribution in [0, 0.1) is 11.3 Å². The zero-order valence-corrected chi connectivity index (χ0v) is 14.0. The molecular formula is C18H17ClN2O3. The smallest absolute Gasteiger partial charge is 0.257 e. The molecule has 0 aliphatic rings. The minimum atomic E-state index is -0.233. The van der Waals surface area contributed by atoms with Gasteiger partial charge in [-0.2, -0.15) is 5.26 Å². The number of hydrogen-bond donors (Lipinski definition) is 1. The van der Waals surface area contributed by atoms with E-state index in [9.17, 15) is 4.79 Å². The average molecular weight is 345 g/mol. The second-order valence-electron chi connectivity index (χ2n) is 5.00. The lowest BCUT2D eigenvalue weighted by atomic mass is 10.1. The fraction of sp³-hybridized carbons (Fsp3) is 0.222. The Labute approximate surface area is 145 Å². The Hall–Kier alpha value is -2.71. The number of ether oxygens (including phenoxy) is 2. The van der Waals surface area contributed by atoms with Gasteiger partial charge in [0.2, 0.25) is 0 Å². The molecule has 0 aromatic heterocycles. The van der Waals surface area contributed by atoms with Crippen LogP contribution in [-0.4, -0.2) is 26.2 Å². The van der Waals surface area contributed by atoms with Crippen molar-refractivity contribution >= 4 is 17.5 Å². The van der Waals surface area contributed by atoms with Crippen molar-refractivity contribution in [3.05, 3.63) is 58.6 Å². The quantitative estimate of drug-likeness (QED) is 0.838. The molecule has 24 heavy (non-hydrogen) atoms. The van der Waals surface area contributed by atoms with E-state index < -0.39 is 0 Å². The number of rotatable bonds is 7. The van der Waals surface area contributed by atoms with Crippen LogP contribution in [0.2, 0.25) is 5.02 Å². The molecule has 1 amide bonds. The molecule has 0 spiro atoms. The molecule has 0 atom stereocenters. The van der Waals surface area contributed by atoms with Gasteiger partial charge in [0.15, 0.2) is 18.1 Å². The molecule has 124 valence electrons. The molecule has 0 aliphatic carbocycles. The van der Waals surface area contributed by atoms with Gasteiger partial charge in [0.1, 0.15) is 0 Å². The van der Waals surface area contributed by atoms with Crippen LogP contribution in [0.15, 0.2) is 42.5 Å². The first kappa shape index (κ1) is 17.6. The van der Waals surface area contributed by atoms with Crippen molar-refractivity contribution in [3.8, 4) is 17.6 Å². The summed E-state index contributed by atoms with van der Waals surface area (Å²) >= 11 is 5.91. The van der Waals surface area contributed by atoms with Gasteiger partial charge in [-0.25, -0.2) is 0 Å². The van der Waals surface area contributed by atoms with Crippen LogP contribution in [-0.2, 0) is 11.2 Å². The van der Waals surface area contributed by atoms with Gasteiger partial charge in [-0.3, -0.25) is 4.79 Å². The molecule has 2 aromatic rings. The summed E-state index contributed by atoms with van der Waals surface area (Å²) in [4.78, 5) is 11.8. The number of nitrogens with one attached hydrogen (secondary N) is 1. The van der Waals surface area contributed by atoms with Crippen LogP contribution >= 0.6 is 11.6 Å². The van der Waals surface area contributed by atoms with Crippen LogP contribution in [0.5, 0.6) is 11.5 Å². The molecule has 0 unspecified atom stereocenters. The van der Waals surface area contributed by atoms with E-state index in [1.54, 1.807) is 18.2 Å². The summed E-state index contributed by atoms with van der Waals surface area (Å²) in [6, 6.07) is 14.3. The van der Waals surface area contributed by atoms with Crippen LogP contribution in [0.3, 0.4) is 0 Å². The van der Waals surface area contributed by atoms with Gasteiger partial charge in [-0.1, -0.05) is 23.7 Å². The van der Waals surface area contributed by atoms with E-state index in [0.717, 1.165) is 5.56 Å². The van der Waals surface area contributed by atoms with Gasteiger partial charge >= 0.3 is 0 Å². The summed E-state index contributed by atoms with van der Waals surface area (Å²) < 4.78 is 10.6. The molecule has 2 aromatic carbocycles. The van der Waals surface area contributed by atoms with Crippen LogP contribution < -0.4 is 14.8 Å². The predicted molar refractivity (Wildman–Crippen MR) is 91.4 cm³/mol. The molecule has 1 N–H and O–H groups in total. The number of carbonyl (C=O) groups excluding carboxylic acids is 1. The normalized spacial score (nSPS) is 9.88. The van der Waals surface area contributed by atoms with Crippen molar-refractivity contribution in [1.82, 2.24) is 5.32 Å². The molecule has 0 aliphatic heterocycles. The topological polar surface area (TPSA) is 71.3 Å². The molecule has 0 bridgehead atoms. The molecule has 0 radical (unpaired) electrons. The minimum absolute atomic E-state index is 0.127. The summed E-state index contributed by atoms with van der Waals surface area (Å²) in [5.41, 5.74) is 1.52. The number of methoxy groups -OCH3 is 1. The summed E-state index contributed by atoms with van der Waals surface area (Å²) in [7, 11) is 1.48. The molecule has 0 fully saturated rings. The fourth-order valence-corrected chi connectivity index (χ4v) is 2.30. The summed E-state index contributed by atoms with van der Waals surface area (Å²) in [5, 5.41) is 12.3. The first-order chi connectivity index (χ1) is 11.6. The SMILES string of the molecule is COc1cc(C#N)ccc1OCC(=O)NCCc1cccc(Cl)c1. The van der Waals surface area contributed by atoms with Crippen LogP contribution in [0.4, 0.5) is 0 Å². The highest BCUT2D eigenvalue weighted by atomic mass is 35.5. The maximum atomic E-state index is 11.8. The van der Waals surface area contributed by atoms with E-state index >= 15 is 0 Å². The highest BCUT2D eigenvalue weighted by Crippen LogP contribution is 2.27. The Kier molecular flexibility index (Phi) is 6.47. The molecule has 0 heterocycles. The fourth-order valence-electron chi connectivity index (χ4n) is 2.09. The highest BCUT2D eigenvalue weighted by molar-refractivity contribution is 6.30. The summed E-state index contributed by atoms with van der Waals surface area (Å²) in [5.74, 6) is 0.603. The van der Waals surface area contributed by atoms with Gasteiger partial charge in [-0.15, -0.1) is 0 Å². The molecular weight excluding hydrogens is 328 g/mol. The Morgan fingerprint density at radius 1 is 1.25 bits per heavy atom. The first-order valence-electron chi connectivity index (χ1n) is 7.34. The second kappa shape index (κ2) is 8.80. The zero-order chi connectivity index (χ0) is 17.4. The standard InChI is InChI=1S/C18H17ClN2O3/c1-23-17-10-14(11-20)5-6-16(17)24-12-18(22)21-8-7-13-3-2-4-15(19)9-13/h2-6,9-10H,7-8,12H2,1H3,(H,21,22). The maximum absolute atomic E-state index is 11.8. The number of halogens is 1. The third-order valence-electron chi connectivity index (χ3n) is 3.28. The third kappa shape index (κ3) is 5.18. The Morgan fingerprint density at radius 2 is 2.08 bits per heavy atom. The van der Waals surface area contributed by atoms with E-state index in [-0.39, 0.29) is 12.5 Å². The second-order valence-corrected chi connectivity index (χ2v) is 5.43.